The van der Waals surface area contributed by atoms with E-state index in [0.29, 0.717) is 11.1 Å². The van der Waals surface area contributed by atoms with E-state index < -0.39 is 17.9 Å². The number of carbonyl (C=O) groups excluding carboxylic acids is 2. The SMILES string of the molecule is CCOC(=O)[C@@H](C)NC(=O)c1occc1-c1ccc(F)cc1. The summed E-state index contributed by atoms with van der Waals surface area (Å²) in [4.78, 5) is 23.7. The van der Waals surface area contributed by atoms with Crippen molar-refractivity contribution in [1.82, 2.24) is 5.32 Å². The van der Waals surface area contributed by atoms with Gasteiger partial charge in [0, 0.05) is 5.56 Å². The van der Waals surface area contributed by atoms with Gasteiger partial charge >= 0.3 is 5.97 Å². The van der Waals surface area contributed by atoms with Crippen molar-refractivity contribution in [1.29, 1.82) is 0 Å². The van der Waals surface area contributed by atoms with E-state index >= 15 is 0 Å². The number of amides is 1. The van der Waals surface area contributed by atoms with E-state index in [-0.39, 0.29) is 18.2 Å². The van der Waals surface area contributed by atoms with Gasteiger partial charge in [-0.15, -0.1) is 0 Å². The van der Waals surface area contributed by atoms with E-state index in [1.54, 1.807) is 25.1 Å². The van der Waals surface area contributed by atoms with Crippen LogP contribution in [0.15, 0.2) is 41.0 Å². The van der Waals surface area contributed by atoms with Gasteiger partial charge in [-0.25, -0.2) is 9.18 Å². The second-order valence-electron chi connectivity index (χ2n) is 4.62. The minimum atomic E-state index is -0.793. The first kappa shape index (κ1) is 15.8. The molecule has 1 heterocycles. The standard InChI is InChI=1S/C16H16FNO4/c1-3-21-16(20)10(2)18-15(19)14-13(8-9-22-14)11-4-6-12(17)7-5-11/h4-10H,3H2,1-2H3,(H,18,19)/t10-/m1/s1. The van der Waals surface area contributed by atoms with Crippen molar-refractivity contribution >= 4 is 11.9 Å². The molecular weight excluding hydrogens is 289 g/mol. The van der Waals surface area contributed by atoms with Crippen LogP contribution in [0.2, 0.25) is 0 Å². The van der Waals surface area contributed by atoms with Crippen LogP contribution in [0.3, 0.4) is 0 Å². The van der Waals surface area contributed by atoms with E-state index in [1.165, 1.54) is 25.3 Å². The maximum atomic E-state index is 13.0. The lowest BCUT2D eigenvalue weighted by molar-refractivity contribution is -0.144. The summed E-state index contributed by atoms with van der Waals surface area (Å²) in [6, 6.07) is 6.50. The van der Waals surface area contributed by atoms with Gasteiger partial charge < -0.3 is 14.5 Å². The molecule has 0 unspecified atom stereocenters. The quantitative estimate of drug-likeness (QED) is 0.862. The highest BCUT2D eigenvalue weighted by atomic mass is 19.1. The molecule has 2 rings (SSSR count). The topological polar surface area (TPSA) is 68.5 Å². The Morgan fingerprint density at radius 1 is 1.27 bits per heavy atom. The summed E-state index contributed by atoms with van der Waals surface area (Å²) in [6.07, 6.45) is 1.36. The van der Waals surface area contributed by atoms with E-state index in [2.05, 4.69) is 5.32 Å². The van der Waals surface area contributed by atoms with Crippen LogP contribution in [0, 0.1) is 5.82 Å². The molecule has 0 saturated heterocycles. The average molecular weight is 305 g/mol. The van der Waals surface area contributed by atoms with E-state index in [4.69, 9.17) is 9.15 Å². The molecule has 0 aliphatic heterocycles. The molecule has 0 saturated carbocycles. The molecule has 1 aromatic carbocycles. The van der Waals surface area contributed by atoms with Gasteiger partial charge in [-0.1, -0.05) is 12.1 Å². The summed E-state index contributed by atoms with van der Waals surface area (Å²) in [5.41, 5.74) is 1.16. The maximum Gasteiger partial charge on any atom is 0.328 e. The molecule has 1 aromatic heterocycles. The normalized spacial score (nSPS) is 11.8. The monoisotopic (exact) mass is 305 g/mol. The van der Waals surface area contributed by atoms with Crippen LogP contribution in [-0.4, -0.2) is 24.5 Å². The predicted octanol–water partition coefficient (Wildman–Crippen LogP) is 2.77. The summed E-state index contributed by atoms with van der Waals surface area (Å²) in [5, 5.41) is 2.51. The zero-order valence-corrected chi connectivity index (χ0v) is 12.3. The van der Waals surface area contributed by atoms with Gasteiger partial charge in [-0.05, 0) is 37.6 Å². The molecule has 5 nitrogen and oxygen atoms in total. The first-order chi connectivity index (χ1) is 10.5. The van der Waals surface area contributed by atoms with Gasteiger partial charge in [0.2, 0.25) is 0 Å². The molecule has 1 amide bonds. The van der Waals surface area contributed by atoms with Crippen LogP contribution in [0.25, 0.3) is 11.1 Å². The molecule has 0 aliphatic rings. The zero-order chi connectivity index (χ0) is 16.1. The summed E-state index contributed by atoms with van der Waals surface area (Å²) in [5.74, 6) is -1.37. The van der Waals surface area contributed by atoms with Crippen molar-refractivity contribution < 1.29 is 23.1 Å². The molecule has 0 radical (unpaired) electrons. The number of furan rings is 1. The molecule has 2 aromatic rings. The van der Waals surface area contributed by atoms with Crippen LogP contribution in [0.1, 0.15) is 24.4 Å². The molecule has 0 fully saturated rings. The van der Waals surface area contributed by atoms with Crippen LogP contribution in [0.4, 0.5) is 4.39 Å². The van der Waals surface area contributed by atoms with E-state index in [1.807, 2.05) is 0 Å². The van der Waals surface area contributed by atoms with E-state index in [9.17, 15) is 14.0 Å². The third-order valence-electron chi connectivity index (χ3n) is 3.01. The number of rotatable bonds is 5. The van der Waals surface area contributed by atoms with Crippen LogP contribution in [0.5, 0.6) is 0 Å². The fourth-order valence-corrected chi connectivity index (χ4v) is 1.93. The third-order valence-corrected chi connectivity index (χ3v) is 3.01. The summed E-state index contributed by atoms with van der Waals surface area (Å²) >= 11 is 0. The second-order valence-corrected chi connectivity index (χ2v) is 4.62. The van der Waals surface area contributed by atoms with Gasteiger partial charge in [-0.2, -0.15) is 0 Å². The first-order valence-corrected chi connectivity index (χ1v) is 6.84. The molecule has 0 spiro atoms. The van der Waals surface area contributed by atoms with Gasteiger partial charge in [0.1, 0.15) is 11.9 Å². The van der Waals surface area contributed by atoms with Gasteiger partial charge in [-0.3, -0.25) is 4.79 Å². The number of halogens is 1. The molecular formula is C16H16FNO4. The van der Waals surface area contributed by atoms with Gasteiger partial charge in [0.25, 0.3) is 5.91 Å². The molecule has 6 heteroatoms. The summed E-state index contributed by atoms with van der Waals surface area (Å²) in [7, 11) is 0. The van der Waals surface area contributed by atoms with Crippen LogP contribution in [-0.2, 0) is 9.53 Å². The Labute approximate surface area is 127 Å². The number of benzene rings is 1. The fourth-order valence-electron chi connectivity index (χ4n) is 1.93. The lowest BCUT2D eigenvalue weighted by Gasteiger charge is -2.12. The Morgan fingerprint density at radius 2 is 1.95 bits per heavy atom. The Morgan fingerprint density at radius 3 is 2.59 bits per heavy atom. The third kappa shape index (κ3) is 3.52. The molecule has 0 bridgehead atoms. The lowest BCUT2D eigenvalue weighted by Crippen LogP contribution is -2.39. The van der Waals surface area contributed by atoms with Crippen LogP contribution >= 0.6 is 0 Å². The lowest BCUT2D eigenvalue weighted by atomic mass is 10.1. The van der Waals surface area contributed by atoms with E-state index in [0.717, 1.165) is 0 Å². The molecule has 1 atom stereocenters. The van der Waals surface area contributed by atoms with Crippen molar-refractivity contribution in [3.8, 4) is 11.1 Å². The minimum Gasteiger partial charge on any atom is -0.464 e. The highest BCUT2D eigenvalue weighted by Gasteiger charge is 2.22. The maximum absolute atomic E-state index is 13.0. The summed E-state index contributed by atoms with van der Waals surface area (Å²) in [6.45, 7) is 3.45. The predicted molar refractivity (Wildman–Crippen MR) is 77.7 cm³/mol. The largest absolute Gasteiger partial charge is 0.464 e. The van der Waals surface area contributed by atoms with Gasteiger partial charge in [0.15, 0.2) is 5.76 Å². The summed E-state index contributed by atoms with van der Waals surface area (Å²) < 4.78 is 23.0. The first-order valence-electron chi connectivity index (χ1n) is 6.84. The number of ether oxygens (including phenoxy) is 1. The highest BCUT2D eigenvalue weighted by Crippen LogP contribution is 2.25. The molecule has 116 valence electrons. The minimum absolute atomic E-state index is 0.0581. The smallest absolute Gasteiger partial charge is 0.328 e. The molecule has 22 heavy (non-hydrogen) atoms. The number of esters is 1. The highest BCUT2D eigenvalue weighted by molar-refractivity contribution is 6.00. The molecule has 1 N–H and O–H groups in total. The molecule has 0 aliphatic carbocycles. The van der Waals surface area contributed by atoms with Gasteiger partial charge in [0.05, 0.1) is 12.9 Å². The fraction of sp³-hybridized carbons (Fsp3) is 0.250. The Balaban J connectivity index is 2.16. The average Bonchev–Trinajstić information content (AvgIpc) is 2.97. The Hall–Kier alpha value is -2.63. The van der Waals surface area contributed by atoms with Crippen molar-refractivity contribution in [2.45, 2.75) is 19.9 Å². The number of carbonyl (C=O) groups is 2. The van der Waals surface area contributed by atoms with Crippen molar-refractivity contribution in [3.63, 3.8) is 0 Å². The van der Waals surface area contributed by atoms with Crippen molar-refractivity contribution in [3.05, 3.63) is 48.2 Å². The number of hydrogen-bond acceptors (Lipinski definition) is 4. The Kier molecular flexibility index (Phi) is 4.93. The van der Waals surface area contributed by atoms with Crippen molar-refractivity contribution in [2.24, 2.45) is 0 Å². The second kappa shape index (κ2) is 6.89. The van der Waals surface area contributed by atoms with Crippen molar-refractivity contribution in [2.75, 3.05) is 6.61 Å². The Bertz CT molecular complexity index is 663. The number of nitrogens with one attached hydrogen (secondary N) is 1. The van der Waals surface area contributed by atoms with Crippen LogP contribution < -0.4 is 5.32 Å². The number of hydrogen-bond donors (Lipinski definition) is 1. The zero-order valence-electron chi connectivity index (χ0n) is 12.3.